The normalized spacial score (nSPS) is 16.7. The van der Waals surface area contributed by atoms with Crippen LogP contribution in [0.2, 0.25) is 0 Å². The van der Waals surface area contributed by atoms with Gasteiger partial charge >= 0.3 is 6.03 Å². The minimum absolute atomic E-state index is 0.349. The lowest BCUT2D eigenvalue weighted by Gasteiger charge is -2.24. The molecular weight excluding hydrogens is 144 g/mol. The third-order valence-electron chi connectivity index (χ3n) is 1.32. The van der Waals surface area contributed by atoms with Crippen LogP contribution in [0.1, 0.15) is 13.8 Å². The smallest absolute Gasteiger partial charge is 0.314 e. The van der Waals surface area contributed by atoms with Crippen LogP contribution in [0.5, 0.6) is 0 Å². The molecule has 0 aromatic heterocycles. The first-order valence-electron chi connectivity index (χ1n) is 3.93. The molecule has 0 radical (unpaired) electrons. The molecule has 1 saturated heterocycles. The predicted molar refractivity (Wildman–Crippen MR) is 43.3 cm³/mol. The van der Waals surface area contributed by atoms with Crippen molar-refractivity contribution in [2.75, 3.05) is 26.3 Å². The summed E-state index contributed by atoms with van der Waals surface area (Å²) < 4.78 is 5.00. The fraction of sp³-hybridized carbons (Fsp3) is 0.857. The number of morpholine rings is 1. The van der Waals surface area contributed by atoms with Crippen LogP contribution in [0, 0.1) is 0 Å². The summed E-state index contributed by atoms with van der Waals surface area (Å²) in [5.74, 6) is 0. The minimum Gasteiger partial charge on any atom is -0.378 e. The Morgan fingerprint density at radius 1 is 1.36 bits per heavy atom. The van der Waals surface area contributed by atoms with Gasteiger partial charge in [0.15, 0.2) is 0 Å². The Labute approximate surface area is 67.3 Å². The van der Waals surface area contributed by atoms with Crippen LogP contribution in [-0.2, 0) is 4.74 Å². The molecule has 1 aliphatic rings. The van der Waals surface area contributed by atoms with Crippen LogP contribution in [0.15, 0.2) is 0 Å². The largest absolute Gasteiger partial charge is 0.378 e. The lowest BCUT2D eigenvalue weighted by atomic mass is 10.4. The number of nitrogens with two attached hydrogens (primary N) is 1. The summed E-state index contributed by atoms with van der Waals surface area (Å²) in [6.07, 6.45) is 0. The maximum absolute atomic E-state index is 10.4. The van der Waals surface area contributed by atoms with Gasteiger partial charge < -0.3 is 15.4 Å². The van der Waals surface area contributed by atoms with E-state index < -0.39 is 0 Å². The van der Waals surface area contributed by atoms with Gasteiger partial charge in [0, 0.05) is 13.1 Å². The summed E-state index contributed by atoms with van der Waals surface area (Å²) in [7, 11) is 0. The second-order valence-electron chi connectivity index (χ2n) is 1.94. The van der Waals surface area contributed by atoms with Gasteiger partial charge in [-0.05, 0) is 0 Å². The van der Waals surface area contributed by atoms with Crippen molar-refractivity contribution in [1.82, 2.24) is 4.90 Å². The minimum atomic E-state index is -0.349. The number of amides is 2. The average Bonchev–Trinajstić information content (AvgIpc) is 2.10. The molecule has 1 fully saturated rings. The zero-order valence-electron chi connectivity index (χ0n) is 7.17. The maximum Gasteiger partial charge on any atom is 0.314 e. The summed E-state index contributed by atoms with van der Waals surface area (Å²) in [6, 6.07) is -0.349. The summed E-state index contributed by atoms with van der Waals surface area (Å²) in [4.78, 5) is 12.0. The third kappa shape index (κ3) is 3.83. The summed E-state index contributed by atoms with van der Waals surface area (Å²) >= 11 is 0. The molecule has 1 rings (SSSR count). The second-order valence-corrected chi connectivity index (χ2v) is 1.94. The molecule has 2 N–H and O–H groups in total. The van der Waals surface area contributed by atoms with Crippen molar-refractivity contribution in [1.29, 1.82) is 0 Å². The number of hydrogen-bond donors (Lipinski definition) is 1. The number of primary amides is 1. The van der Waals surface area contributed by atoms with Crippen LogP contribution in [-0.4, -0.2) is 37.2 Å². The van der Waals surface area contributed by atoms with E-state index in [-0.39, 0.29) is 6.03 Å². The molecule has 1 aliphatic heterocycles. The van der Waals surface area contributed by atoms with Crippen LogP contribution >= 0.6 is 0 Å². The van der Waals surface area contributed by atoms with Gasteiger partial charge in [0.1, 0.15) is 0 Å². The third-order valence-corrected chi connectivity index (χ3v) is 1.32. The standard InChI is InChI=1S/C5H10N2O2.C2H6/c6-5(8)7-1-3-9-4-2-7;1-2/h1-4H2,(H2,6,8);1-2H3. The summed E-state index contributed by atoms with van der Waals surface area (Å²) in [6.45, 7) is 6.50. The van der Waals surface area contributed by atoms with E-state index in [2.05, 4.69) is 0 Å². The Morgan fingerprint density at radius 3 is 2.09 bits per heavy atom. The van der Waals surface area contributed by atoms with E-state index in [0.29, 0.717) is 26.3 Å². The molecule has 1 heterocycles. The van der Waals surface area contributed by atoms with E-state index in [1.807, 2.05) is 13.8 Å². The molecule has 66 valence electrons. The first-order chi connectivity index (χ1) is 5.30. The molecule has 0 aliphatic carbocycles. The zero-order valence-corrected chi connectivity index (χ0v) is 7.17. The van der Waals surface area contributed by atoms with E-state index in [1.54, 1.807) is 4.90 Å². The molecule has 11 heavy (non-hydrogen) atoms. The van der Waals surface area contributed by atoms with Crippen molar-refractivity contribution in [3.05, 3.63) is 0 Å². The fourth-order valence-corrected chi connectivity index (χ4v) is 0.784. The van der Waals surface area contributed by atoms with E-state index >= 15 is 0 Å². The Kier molecular flexibility index (Phi) is 5.56. The van der Waals surface area contributed by atoms with Gasteiger partial charge in [-0.15, -0.1) is 0 Å². The molecular formula is C7H16N2O2. The van der Waals surface area contributed by atoms with Gasteiger partial charge in [-0.1, -0.05) is 13.8 Å². The van der Waals surface area contributed by atoms with Gasteiger partial charge in [0.25, 0.3) is 0 Å². The van der Waals surface area contributed by atoms with Gasteiger partial charge in [0.2, 0.25) is 0 Å². The van der Waals surface area contributed by atoms with Crippen molar-refractivity contribution in [3.63, 3.8) is 0 Å². The Morgan fingerprint density at radius 2 is 1.82 bits per heavy atom. The van der Waals surface area contributed by atoms with Gasteiger partial charge in [-0.25, -0.2) is 4.79 Å². The number of nitrogens with zero attached hydrogens (tertiary/aromatic N) is 1. The molecule has 2 amide bonds. The lowest BCUT2D eigenvalue weighted by molar-refractivity contribution is 0.0554. The van der Waals surface area contributed by atoms with Crippen molar-refractivity contribution < 1.29 is 9.53 Å². The molecule has 0 aromatic rings. The SMILES string of the molecule is CC.NC(=O)N1CCOCC1. The maximum atomic E-state index is 10.4. The zero-order chi connectivity index (χ0) is 8.69. The number of rotatable bonds is 0. The highest BCUT2D eigenvalue weighted by Gasteiger charge is 2.12. The highest BCUT2D eigenvalue weighted by Crippen LogP contribution is 1.94. The van der Waals surface area contributed by atoms with E-state index in [1.165, 1.54) is 0 Å². The van der Waals surface area contributed by atoms with E-state index in [0.717, 1.165) is 0 Å². The Balaban J connectivity index is 0.000000461. The average molecular weight is 160 g/mol. The molecule has 4 nitrogen and oxygen atoms in total. The van der Waals surface area contributed by atoms with Crippen molar-refractivity contribution >= 4 is 6.03 Å². The Hall–Kier alpha value is -0.770. The number of urea groups is 1. The molecule has 0 bridgehead atoms. The highest BCUT2D eigenvalue weighted by molar-refractivity contribution is 5.71. The van der Waals surface area contributed by atoms with Gasteiger partial charge in [0.05, 0.1) is 13.2 Å². The van der Waals surface area contributed by atoms with E-state index in [9.17, 15) is 4.79 Å². The molecule has 0 unspecified atom stereocenters. The van der Waals surface area contributed by atoms with Crippen molar-refractivity contribution in [2.45, 2.75) is 13.8 Å². The van der Waals surface area contributed by atoms with Crippen molar-refractivity contribution in [3.8, 4) is 0 Å². The number of hydrogen-bond acceptors (Lipinski definition) is 2. The number of carbonyl (C=O) groups is 1. The van der Waals surface area contributed by atoms with Crippen LogP contribution in [0.4, 0.5) is 4.79 Å². The first-order valence-corrected chi connectivity index (χ1v) is 3.93. The second kappa shape index (κ2) is 5.97. The van der Waals surface area contributed by atoms with Crippen LogP contribution < -0.4 is 5.73 Å². The summed E-state index contributed by atoms with van der Waals surface area (Å²) in [5, 5.41) is 0. The molecule has 0 saturated carbocycles. The monoisotopic (exact) mass is 160 g/mol. The molecule has 0 atom stereocenters. The topological polar surface area (TPSA) is 55.6 Å². The molecule has 4 heteroatoms. The van der Waals surface area contributed by atoms with Gasteiger partial charge in [-0.2, -0.15) is 0 Å². The molecule has 0 spiro atoms. The first kappa shape index (κ1) is 10.2. The van der Waals surface area contributed by atoms with Gasteiger partial charge in [-0.3, -0.25) is 0 Å². The Bertz CT molecular complexity index is 111. The lowest BCUT2D eigenvalue weighted by Crippen LogP contribution is -2.43. The highest BCUT2D eigenvalue weighted by atomic mass is 16.5. The fourth-order valence-electron chi connectivity index (χ4n) is 0.784. The predicted octanol–water partition coefficient (Wildman–Crippen LogP) is 0.423. The van der Waals surface area contributed by atoms with Crippen LogP contribution in [0.3, 0.4) is 0 Å². The van der Waals surface area contributed by atoms with E-state index in [4.69, 9.17) is 10.5 Å². The number of carbonyl (C=O) groups excluding carboxylic acids is 1. The van der Waals surface area contributed by atoms with Crippen molar-refractivity contribution in [2.24, 2.45) is 5.73 Å². The molecule has 0 aromatic carbocycles. The van der Waals surface area contributed by atoms with Crippen LogP contribution in [0.25, 0.3) is 0 Å². The number of ether oxygens (including phenoxy) is 1. The summed E-state index contributed by atoms with van der Waals surface area (Å²) in [5.41, 5.74) is 5.00. The quantitative estimate of drug-likeness (QED) is 0.558.